The zero-order valence-electron chi connectivity index (χ0n) is 16.2. The summed E-state index contributed by atoms with van der Waals surface area (Å²) < 4.78 is 28.5. The fraction of sp³-hybridized carbons (Fsp3) is 0.273. The lowest BCUT2D eigenvalue weighted by molar-refractivity contribution is 0.433. The van der Waals surface area contributed by atoms with Gasteiger partial charge in [0.25, 0.3) is 0 Å². The largest absolute Gasteiger partial charge is 0.369 e. The first-order valence-electron chi connectivity index (χ1n) is 9.61. The quantitative estimate of drug-likeness (QED) is 0.667. The van der Waals surface area contributed by atoms with E-state index in [0.717, 1.165) is 11.3 Å². The number of nitrogens with zero attached hydrogens (tertiary/aromatic N) is 4. The van der Waals surface area contributed by atoms with E-state index in [2.05, 4.69) is 16.0 Å². The Morgan fingerprint density at radius 2 is 1.83 bits per heavy atom. The smallest absolute Gasteiger partial charge is 0.243 e. The number of hydrogen-bond acceptors (Lipinski definition) is 5. The van der Waals surface area contributed by atoms with E-state index in [1.54, 1.807) is 28.7 Å². The van der Waals surface area contributed by atoms with Crippen molar-refractivity contribution in [1.82, 2.24) is 9.29 Å². The summed E-state index contributed by atoms with van der Waals surface area (Å²) >= 11 is 0. The Morgan fingerprint density at radius 1 is 1.00 bits per heavy atom. The summed E-state index contributed by atoms with van der Waals surface area (Å²) in [6.45, 7) is 4.00. The molecule has 0 unspecified atom stereocenters. The summed E-state index contributed by atoms with van der Waals surface area (Å²) in [7, 11) is -3.65. The molecule has 0 N–H and O–H groups in total. The molecule has 0 spiro atoms. The Balaban J connectivity index is 1.65. The van der Waals surface area contributed by atoms with Crippen LogP contribution in [0.5, 0.6) is 0 Å². The second kappa shape index (κ2) is 7.82. The first-order valence-corrected chi connectivity index (χ1v) is 11.0. The van der Waals surface area contributed by atoms with Crippen LogP contribution in [-0.2, 0) is 10.0 Å². The molecule has 0 saturated carbocycles. The van der Waals surface area contributed by atoms with E-state index in [9.17, 15) is 13.7 Å². The molecule has 29 heavy (non-hydrogen) atoms. The van der Waals surface area contributed by atoms with E-state index >= 15 is 0 Å². The molecule has 6 nitrogen and oxygen atoms in total. The van der Waals surface area contributed by atoms with Crippen LogP contribution in [0.25, 0.3) is 10.9 Å². The number of sulfonamides is 1. The first kappa shape index (κ1) is 19.4. The highest BCUT2D eigenvalue weighted by molar-refractivity contribution is 7.89. The van der Waals surface area contributed by atoms with Gasteiger partial charge in [-0.3, -0.25) is 4.98 Å². The number of fused-ring (bicyclic) bond motifs is 1. The maximum Gasteiger partial charge on any atom is 0.243 e. The van der Waals surface area contributed by atoms with E-state index in [1.807, 2.05) is 37.3 Å². The van der Waals surface area contributed by atoms with Gasteiger partial charge in [-0.05, 0) is 49.2 Å². The first-order chi connectivity index (χ1) is 14.0. The second-order valence-corrected chi connectivity index (χ2v) is 9.06. The van der Waals surface area contributed by atoms with Gasteiger partial charge in [0.15, 0.2) is 0 Å². The average molecular weight is 407 g/mol. The summed E-state index contributed by atoms with van der Waals surface area (Å²) in [6, 6.07) is 16.8. The maximum atomic E-state index is 13.5. The third kappa shape index (κ3) is 3.57. The molecule has 2 aromatic carbocycles. The van der Waals surface area contributed by atoms with Crippen LogP contribution in [0.1, 0.15) is 17.5 Å². The summed E-state index contributed by atoms with van der Waals surface area (Å²) in [6.07, 6.45) is 2.38. The molecule has 0 bridgehead atoms. The summed E-state index contributed by atoms with van der Waals surface area (Å²) in [4.78, 5) is 6.77. The summed E-state index contributed by atoms with van der Waals surface area (Å²) in [5, 5.41) is 10.0. The molecule has 1 fully saturated rings. The van der Waals surface area contributed by atoms with Gasteiger partial charge in [-0.15, -0.1) is 0 Å². The molecule has 1 aliphatic rings. The van der Waals surface area contributed by atoms with Crippen molar-refractivity contribution >= 4 is 26.6 Å². The second-order valence-electron chi connectivity index (χ2n) is 7.15. The number of anilines is 1. The maximum absolute atomic E-state index is 13.5. The lowest BCUT2D eigenvalue weighted by atomic mass is 10.1. The molecular weight excluding hydrogens is 384 g/mol. The third-order valence-electron chi connectivity index (χ3n) is 5.37. The lowest BCUT2D eigenvalue weighted by Gasteiger charge is -2.24. The van der Waals surface area contributed by atoms with Crippen LogP contribution >= 0.6 is 0 Å². The molecule has 1 aliphatic heterocycles. The van der Waals surface area contributed by atoms with Crippen molar-refractivity contribution in [1.29, 1.82) is 5.26 Å². The van der Waals surface area contributed by atoms with Crippen LogP contribution in [0.2, 0.25) is 0 Å². The predicted octanol–water partition coefficient (Wildman–Crippen LogP) is 3.32. The number of para-hydroxylation sites is 1. The van der Waals surface area contributed by atoms with Crippen LogP contribution in [0.4, 0.5) is 5.69 Å². The van der Waals surface area contributed by atoms with Gasteiger partial charge in [0, 0.05) is 37.8 Å². The molecule has 2 heterocycles. The minimum Gasteiger partial charge on any atom is -0.369 e. The van der Waals surface area contributed by atoms with E-state index in [1.165, 1.54) is 0 Å². The molecule has 4 rings (SSSR count). The monoisotopic (exact) mass is 406 g/mol. The normalized spacial score (nSPS) is 15.8. The fourth-order valence-electron chi connectivity index (χ4n) is 3.87. The van der Waals surface area contributed by atoms with Gasteiger partial charge in [0.05, 0.1) is 21.7 Å². The predicted molar refractivity (Wildman–Crippen MR) is 113 cm³/mol. The van der Waals surface area contributed by atoms with Crippen LogP contribution in [0.3, 0.4) is 0 Å². The Morgan fingerprint density at radius 3 is 2.66 bits per heavy atom. The van der Waals surface area contributed by atoms with Gasteiger partial charge in [-0.1, -0.05) is 18.2 Å². The fourth-order valence-corrected chi connectivity index (χ4v) is 5.52. The zero-order chi connectivity index (χ0) is 20.4. The van der Waals surface area contributed by atoms with E-state index in [-0.39, 0.29) is 0 Å². The van der Waals surface area contributed by atoms with Crippen molar-refractivity contribution in [2.24, 2.45) is 0 Å². The number of nitriles is 1. The third-order valence-corrected chi connectivity index (χ3v) is 7.33. The Labute approximate surface area is 171 Å². The topological polar surface area (TPSA) is 77.3 Å². The van der Waals surface area contributed by atoms with Crippen molar-refractivity contribution in [2.75, 3.05) is 31.1 Å². The molecule has 7 heteroatoms. The highest BCUT2D eigenvalue weighted by Gasteiger charge is 2.29. The van der Waals surface area contributed by atoms with Crippen molar-refractivity contribution < 1.29 is 8.42 Å². The van der Waals surface area contributed by atoms with E-state index in [4.69, 9.17) is 0 Å². The van der Waals surface area contributed by atoms with Gasteiger partial charge in [-0.25, -0.2) is 8.42 Å². The average Bonchev–Trinajstić information content (AvgIpc) is 3.01. The number of aryl methyl sites for hydroxylation is 1. The molecule has 0 aliphatic carbocycles. The van der Waals surface area contributed by atoms with E-state index < -0.39 is 10.0 Å². The number of aromatic nitrogens is 1. The lowest BCUT2D eigenvalue weighted by Crippen LogP contribution is -2.35. The number of pyridine rings is 1. The molecule has 1 saturated heterocycles. The van der Waals surface area contributed by atoms with Gasteiger partial charge in [0.1, 0.15) is 6.07 Å². The molecule has 148 valence electrons. The van der Waals surface area contributed by atoms with Crippen molar-refractivity contribution in [2.45, 2.75) is 18.2 Å². The molecule has 0 radical (unpaired) electrons. The number of benzene rings is 2. The molecular formula is C22H22N4O2S. The van der Waals surface area contributed by atoms with Crippen LogP contribution in [0, 0.1) is 18.3 Å². The van der Waals surface area contributed by atoms with Gasteiger partial charge in [0.2, 0.25) is 10.0 Å². The Bertz CT molecular complexity index is 1200. The van der Waals surface area contributed by atoms with Crippen molar-refractivity contribution in [3.63, 3.8) is 0 Å². The minimum atomic E-state index is -3.65. The van der Waals surface area contributed by atoms with Crippen LogP contribution in [0.15, 0.2) is 59.6 Å². The van der Waals surface area contributed by atoms with E-state index in [0.29, 0.717) is 54.0 Å². The summed E-state index contributed by atoms with van der Waals surface area (Å²) in [5.74, 6) is 0. The molecule has 0 amide bonds. The molecule has 3 aromatic rings. The van der Waals surface area contributed by atoms with Crippen LogP contribution in [-0.4, -0.2) is 43.9 Å². The zero-order valence-corrected chi connectivity index (χ0v) is 17.1. The van der Waals surface area contributed by atoms with Crippen LogP contribution < -0.4 is 4.90 Å². The minimum absolute atomic E-state index is 0.303. The van der Waals surface area contributed by atoms with Gasteiger partial charge >= 0.3 is 0 Å². The number of hydrogen-bond donors (Lipinski definition) is 0. The SMILES string of the molecule is Cc1ccc(S(=O)(=O)N2CCCN(c3ccccc3C#N)CC2)c2cccnc12. The van der Waals surface area contributed by atoms with Gasteiger partial charge in [-0.2, -0.15) is 9.57 Å². The summed E-state index contributed by atoms with van der Waals surface area (Å²) in [5.41, 5.74) is 3.14. The highest BCUT2D eigenvalue weighted by atomic mass is 32.2. The molecule has 0 atom stereocenters. The van der Waals surface area contributed by atoms with Gasteiger partial charge < -0.3 is 4.90 Å². The standard InChI is InChI=1S/C22H22N4O2S/c1-17-9-10-21(19-7-4-11-24-22(17)19)29(27,28)26-13-5-12-25(14-15-26)20-8-3-2-6-18(20)16-23/h2-4,6-11H,5,12-15H2,1H3. The number of rotatable bonds is 3. The highest BCUT2D eigenvalue weighted by Crippen LogP contribution is 2.28. The van der Waals surface area contributed by atoms with Crippen molar-refractivity contribution in [3.05, 3.63) is 65.9 Å². The van der Waals surface area contributed by atoms with Crippen molar-refractivity contribution in [3.8, 4) is 6.07 Å². The Kier molecular flexibility index (Phi) is 5.22. The molecule has 1 aromatic heterocycles. The Hall–Kier alpha value is -2.95.